The number of nitrogens with one attached hydrogen (secondary N) is 1. The maximum atomic E-state index is 13.1. The Hall–Kier alpha value is -2.45. The molecule has 148 valence electrons. The first-order valence-electron chi connectivity index (χ1n) is 8.78. The normalized spacial score (nSPS) is 14.1. The Morgan fingerprint density at radius 1 is 1.11 bits per heavy atom. The van der Waals surface area contributed by atoms with E-state index in [0.29, 0.717) is 31.7 Å². The summed E-state index contributed by atoms with van der Waals surface area (Å²) in [5.74, 6) is -1.04. The van der Waals surface area contributed by atoms with Crippen LogP contribution in [0.3, 0.4) is 0 Å². The van der Waals surface area contributed by atoms with Crippen LogP contribution in [0.15, 0.2) is 35.0 Å². The van der Waals surface area contributed by atoms with Gasteiger partial charge in [-0.25, -0.2) is 4.39 Å². The lowest BCUT2D eigenvalue weighted by molar-refractivity contribution is -0.132. The van der Waals surface area contributed by atoms with Gasteiger partial charge in [-0.15, -0.1) is 0 Å². The van der Waals surface area contributed by atoms with Crippen LogP contribution in [0, 0.1) is 5.82 Å². The van der Waals surface area contributed by atoms with Crippen molar-refractivity contribution in [1.29, 1.82) is 0 Å². The molecule has 6 nitrogen and oxygen atoms in total. The van der Waals surface area contributed by atoms with Gasteiger partial charge in [-0.3, -0.25) is 14.4 Å². The van der Waals surface area contributed by atoms with Crippen LogP contribution in [-0.2, 0) is 4.79 Å². The van der Waals surface area contributed by atoms with E-state index >= 15 is 0 Å². The van der Waals surface area contributed by atoms with E-state index in [9.17, 15) is 18.8 Å². The SMILES string of the molecule is O=C(NCCC(=O)N1CCN(C(=O)c2ccc(F)cc2Cl)CC1)c1ccsc1. The molecule has 3 amide bonds. The van der Waals surface area contributed by atoms with Crippen LogP contribution in [0.5, 0.6) is 0 Å². The van der Waals surface area contributed by atoms with E-state index in [0.717, 1.165) is 6.07 Å². The number of halogens is 2. The second kappa shape index (κ2) is 9.16. The minimum Gasteiger partial charge on any atom is -0.351 e. The van der Waals surface area contributed by atoms with Gasteiger partial charge in [0.2, 0.25) is 5.91 Å². The molecule has 9 heteroatoms. The standard InChI is InChI=1S/C19H19ClFN3O3S/c20-16-11-14(21)1-2-15(16)19(27)24-8-6-23(7-9-24)17(25)3-5-22-18(26)13-4-10-28-12-13/h1-2,4,10-12H,3,5-9H2,(H,22,26). The minimum absolute atomic E-state index is 0.0717. The first kappa shape index (κ1) is 20.3. The number of hydrogen-bond acceptors (Lipinski definition) is 4. The van der Waals surface area contributed by atoms with Crippen molar-refractivity contribution < 1.29 is 18.8 Å². The molecule has 1 aromatic carbocycles. The van der Waals surface area contributed by atoms with Crippen molar-refractivity contribution in [2.24, 2.45) is 0 Å². The molecule has 0 unspecified atom stereocenters. The second-order valence-electron chi connectivity index (χ2n) is 6.32. The first-order chi connectivity index (χ1) is 13.5. The zero-order valence-electron chi connectivity index (χ0n) is 15.0. The van der Waals surface area contributed by atoms with Gasteiger partial charge in [-0.2, -0.15) is 11.3 Å². The number of carbonyl (C=O) groups excluding carboxylic acids is 3. The summed E-state index contributed by atoms with van der Waals surface area (Å²) < 4.78 is 13.1. The molecule has 0 radical (unpaired) electrons. The van der Waals surface area contributed by atoms with Gasteiger partial charge < -0.3 is 15.1 Å². The molecule has 1 aliphatic rings. The van der Waals surface area contributed by atoms with E-state index in [1.165, 1.54) is 23.5 Å². The fourth-order valence-electron chi connectivity index (χ4n) is 2.93. The van der Waals surface area contributed by atoms with Crippen LogP contribution in [-0.4, -0.2) is 60.2 Å². The largest absolute Gasteiger partial charge is 0.351 e. The molecule has 28 heavy (non-hydrogen) atoms. The smallest absolute Gasteiger partial charge is 0.255 e. The van der Waals surface area contributed by atoms with Crippen LogP contribution < -0.4 is 5.32 Å². The van der Waals surface area contributed by atoms with Crippen molar-refractivity contribution >= 4 is 40.7 Å². The molecule has 1 aromatic heterocycles. The van der Waals surface area contributed by atoms with Gasteiger partial charge >= 0.3 is 0 Å². The zero-order chi connectivity index (χ0) is 20.1. The van der Waals surface area contributed by atoms with Crippen molar-refractivity contribution in [1.82, 2.24) is 15.1 Å². The zero-order valence-corrected chi connectivity index (χ0v) is 16.6. The summed E-state index contributed by atoms with van der Waals surface area (Å²) >= 11 is 7.39. The summed E-state index contributed by atoms with van der Waals surface area (Å²) in [5, 5.41) is 6.37. The van der Waals surface area contributed by atoms with E-state index < -0.39 is 5.82 Å². The monoisotopic (exact) mass is 423 g/mol. The summed E-state index contributed by atoms with van der Waals surface area (Å²) in [6.07, 6.45) is 0.202. The second-order valence-corrected chi connectivity index (χ2v) is 7.50. The third-order valence-corrected chi connectivity index (χ3v) is 5.48. The third-order valence-electron chi connectivity index (χ3n) is 4.49. The number of hydrogen-bond donors (Lipinski definition) is 1. The van der Waals surface area contributed by atoms with Gasteiger partial charge in [-0.05, 0) is 29.6 Å². The Kier molecular flexibility index (Phi) is 6.64. The fourth-order valence-corrected chi connectivity index (χ4v) is 3.81. The number of rotatable bonds is 5. The lowest BCUT2D eigenvalue weighted by atomic mass is 10.1. The molecule has 0 spiro atoms. The predicted octanol–water partition coefficient (Wildman–Crippen LogP) is 2.65. The quantitative estimate of drug-likeness (QED) is 0.803. The topological polar surface area (TPSA) is 69.7 Å². The minimum atomic E-state index is -0.497. The molecule has 0 aliphatic carbocycles. The van der Waals surface area contributed by atoms with E-state index in [1.807, 2.05) is 5.38 Å². The van der Waals surface area contributed by atoms with Crippen LogP contribution in [0.4, 0.5) is 4.39 Å². The van der Waals surface area contributed by atoms with Gasteiger partial charge in [0.1, 0.15) is 5.82 Å². The average molecular weight is 424 g/mol. The molecule has 0 atom stereocenters. The van der Waals surface area contributed by atoms with Crippen LogP contribution in [0.2, 0.25) is 5.02 Å². The third kappa shape index (κ3) is 4.88. The number of piperazine rings is 1. The lowest BCUT2D eigenvalue weighted by Crippen LogP contribution is -2.51. The number of amides is 3. The molecular formula is C19H19ClFN3O3S. The molecule has 2 aromatic rings. The van der Waals surface area contributed by atoms with E-state index in [4.69, 9.17) is 11.6 Å². The molecule has 1 fully saturated rings. The Labute approximate surface area is 170 Å². The van der Waals surface area contributed by atoms with Crippen LogP contribution in [0.25, 0.3) is 0 Å². The molecule has 0 bridgehead atoms. The van der Waals surface area contributed by atoms with Crippen molar-refractivity contribution in [2.45, 2.75) is 6.42 Å². The summed E-state index contributed by atoms with van der Waals surface area (Å²) in [7, 11) is 0. The maximum Gasteiger partial charge on any atom is 0.255 e. The number of benzene rings is 1. The van der Waals surface area contributed by atoms with Crippen molar-refractivity contribution in [3.8, 4) is 0 Å². The highest BCUT2D eigenvalue weighted by molar-refractivity contribution is 7.08. The van der Waals surface area contributed by atoms with Gasteiger partial charge in [-0.1, -0.05) is 11.6 Å². The molecule has 3 rings (SSSR count). The molecule has 1 N–H and O–H groups in total. The highest BCUT2D eigenvalue weighted by Gasteiger charge is 2.25. The molecule has 2 heterocycles. The summed E-state index contributed by atoms with van der Waals surface area (Å²) in [4.78, 5) is 40.0. The Bertz CT molecular complexity index is 867. The summed E-state index contributed by atoms with van der Waals surface area (Å²) in [6.45, 7) is 1.82. The molecular weight excluding hydrogens is 405 g/mol. The lowest BCUT2D eigenvalue weighted by Gasteiger charge is -2.35. The first-order valence-corrected chi connectivity index (χ1v) is 10.1. The van der Waals surface area contributed by atoms with Crippen molar-refractivity contribution in [3.05, 3.63) is 57.0 Å². The summed E-state index contributed by atoms with van der Waals surface area (Å²) in [6, 6.07) is 5.40. The van der Waals surface area contributed by atoms with Crippen LogP contribution >= 0.6 is 22.9 Å². The predicted molar refractivity (Wildman–Crippen MR) is 105 cm³/mol. The Morgan fingerprint density at radius 2 is 1.82 bits per heavy atom. The van der Waals surface area contributed by atoms with Crippen molar-refractivity contribution in [3.63, 3.8) is 0 Å². The Morgan fingerprint density at radius 3 is 2.46 bits per heavy atom. The molecule has 0 saturated carbocycles. The molecule has 1 aliphatic heterocycles. The van der Waals surface area contributed by atoms with Gasteiger partial charge in [0.05, 0.1) is 10.6 Å². The van der Waals surface area contributed by atoms with Gasteiger partial charge in [0, 0.05) is 50.1 Å². The maximum absolute atomic E-state index is 13.1. The Balaban J connectivity index is 1.44. The van der Waals surface area contributed by atoms with E-state index in [-0.39, 0.29) is 41.3 Å². The van der Waals surface area contributed by atoms with Crippen LogP contribution in [0.1, 0.15) is 27.1 Å². The number of thiophene rings is 1. The van der Waals surface area contributed by atoms with E-state index in [1.54, 1.807) is 21.2 Å². The molecule has 1 saturated heterocycles. The number of nitrogens with zero attached hydrogens (tertiary/aromatic N) is 2. The highest BCUT2D eigenvalue weighted by atomic mass is 35.5. The van der Waals surface area contributed by atoms with Gasteiger partial charge in [0.15, 0.2) is 0 Å². The van der Waals surface area contributed by atoms with Gasteiger partial charge in [0.25, 0.3) is 11.8 Å². The fraction of sp³-hybridized carbons (Fsp3) is 0.316. The highest BCUT2D eigenvalue weighted by Crippen LogP contribution is 2.20. The average Bonchev–Trinajstić information content (AvgIpc) is 3.22. The van der Waals surface area contributed by atoms with E-state index in [2.05, 4.69) is 5.32 Å². The number of carbonyl (C=O) groups is 3. The van der Waals surface area contributed by atoms with Crippen molar-refractivity contribution in [2.75, 3.05) is 32.7 Å². The summed E-state index contributed by atoms with van der Waals surface area (Å²) in [5.41, 5.74) is 0.836.